The van der Waals surface area contributed by atoms with Gasteiger partial charge in [0, 0.05) is 6.61 Å². The fourth-order valence-corrected chi connectivity index (χ4v) is 4.89. The molecule has 3 atom stereocenters. The van der Waals surface area contributed by atoms with Gasteiger partial charge in [-0.25, -0.2) is 0 Å². The van der Waals surface area contributed by atoms with E-state index >= 15 is 0 Å². The summed E-state index contributed by atoms with van der Waals surface area (Å²) < 4.78 is 5.43. The molecule has 110 valence electrons. The van der Waals surface area contributed by atoms with Gasteiger partial charge in [-0.1, -0.05) is 26.3 Å². The first-order valence-corrected chi connectivity index (χ1v) is 7.82. The lowest BCUT2D eigenvalue weighted by molar-refractivity contribution is -0.0179. The molecule has 2 heteroatoms. The molecule has 2 aliphatic carbocycles. The fraction of sp³-hybridized carbons (Fsp3) is 0.667. The van der Waals surface area contributed by atoms with E-state index in [0.717, 1.165) is 18.6 Å². The molecule has 1 aromatic carbocycles. The van der Waals surface area contributed by atoms with Gasteiger partial charge in [0.25, 0.3) is 0 Å². The van der Waals surface area contributed by atoms with E-state index in [1.807, 2.05) is 0 Å². The Morgan fingerprint density at radius 3 is 2.80 bits per heavy atom. The Kier molecular flexibility index (Phi) is 3.32. The molecule has 0 spiro atoms. The average Bonchev–Trinajstić information content (AvgIpc) is 2.46. The molecule has 1 fully saturated rings. The number of fused-ring (bicyclic) bond motifs is 3. The van der Waals surface area contributed by atoms with E-state index in [1.54, 1.807) is 7.11 Å². The Morgan fingerprint density at radius 1 is 1.30 bits per heavy atom. The number of benzene rings is 1. The molecule has 0 bridgehead atoms. The van der Waals surface area contributed by atoms with Crippen molar-refractivity contribution in [1.29, 1.82) is 0 Å². The normalized spacial score (nSPS) is 36.1. The minimum absolute atomic E-state index is 0.0771. The lowest BCUT2D eigenvalue weighted by atomic mass is 9.50. The summed E-state index contributed by atoms with van der Waals surface area (Å²) in [6, 6.07) is 6.56. The average molecular weight is 274 g/mol. The maximum atomic E-state index is 9.93. The van der Waals surface area contributed by atoms with Crippen LogP contribution >= 0.6 is 0 Å². The minimum Gasteiger partial charge on any atom is -0.497 e. The van der Waals surface area contributed by atoms with Crippen molar-refractivity contribution in [3.63, 3.8) is 0 Å². The summed E-state index contributed by atoms with van der Waals surface area (Å²) in [6.45, 7) is 5.00. The summed E-state index contributed by atoms with van der Waals surface area (Å²) in [5, 5.41) is 9.93. The van der Waals surface area contributed by atoms with Gasteiger partial charge in [-0.15, -0.1) is 0 Å². The molecule has 0 unspecified atom stereocenters. The summed E-state index contributed by atoms with van der Waals surface area (Å²) in [5.41, 5.74) is 3.21. The van der Waals surface area contributed by atoms with Crippen molar-refractivity contribution in [1.82, 2.24) is 0 Å². The first kappa shape index (κ1) is 13.9. The minimum atomic E-state index is 0.0771. The molecule has 0 heterocycles. The monoisotopic (exact) mass is 274 g/mol. The number of ether oxygens (including phenoxy) is 1. The smallest absolute Gasteiger partial charge is 0.119 e. The number of hydrogen-bond donors (Lipinski definition) is 1. The molecule has 1 aromatic rings. The van der Waals surface area contributed by atoms with Gasteiger partial charge in [-0.05, 0) is 65.7 Å². The van der Waals surface area contributed by atoms with Crippen molar-refractivity contribution in [2.24, 2.45) is 11.3 Å². The van der Waals surface area contributed by atoms with Gasteiger partial charge in [0.2, 0.25) is 0 Å². The first-order chi connectivity index (χ1) is 9.53. The van der Waals surface area contributed by atoms with Gasteiger partial charge in [-0.2, -0.15) is 0 Å². The molecule has 0 aromatic heterocycles. The second-order valence-corrected chi connectivity index (χ2v) is 7.20. The summed E-state index contributed by atoms with van der Waals surface area (Å²) in [5.74, 6) is 1.54. The lowest BCUT2D eigenvalue weighted by Crippen LogP contribution is -2.50. The summed E-state index contributed by atoms with van der Waals surface area (Å²) in [7, 11) is 1.74. The number of aliphatic hydroxyl groups is 1. The third-order valence-electron chi connectivity index (χ3n) is 6.05. The van der Waals surface area contributed by atoms with Gasteiger partial charge >= 0.3 is 0 Å². The number of aliphatic hydroxyl groups excluding tert-OH is 1. The van der Waals surface area contributed by atoms with Crippen LogP contribution in [0.15, 0.2) is 18.2 Å². The third-order valence-corrected chi connectivity index (χ3v) is 6.05. The van der Waals surface area contributed by atoms with Gasteiger partial charge in [0.1, 0.15) is 5.75 Å². The molecule has 1 N–H and O–H groups in total. The van der Waals surface area contributed by atoms with Crippen LogP contribution in [0.5, 0.6) is 5.75 Å². The van der Waals surface area contributed by atoms with Crippen molar-refractivity contribution in [2.45, 2.75) is 51.4 Å². The first-order valence-electron chi connectivity index (χ1n) is 7.82. The maximum absolute atomic E-state index is 9.93. The number of aryl methyl sites for hydroxylation is 1. The van der Waals surface area contributed by atoms with E-state index in [4.69, 9.17) is 4.74 Å². The van der Waals surface area contributed by atoms with Crippen LogP contribution in [0.1, 0.15) is 50.7 Å². The van der Waals surface area contributed by atoms with E-state index in [9.17, 15) is 5.11 Å². The number of methoxy groups -OCH3 is 1. The van der Waals surface area contributed by atoms with Crippen molar-refractivity contribution in [3.8, 4) is 5.75 Å². The highest BCUT2D eigenvalue weighted by molar-refractivity contribution is 5.43. The quantitative estimate of drug-likeness (QED) is 0.891. The Hall–Kier alpha value is -1.02. The van der Waals surface area contributed by atoms with Crippen LogP contribution in [0.3, 0.4) is 0 Å². The Morgan fingerprint density at radius 2 is 2.10 bits per heavy atom. The standard InChI is InChI=1S/C18H26O2/c1-17(12-19)9-4-10-18(2)15-11-14(20-3)7-5-13(15)6-8-16(17)18/h5,7,11,16,19H,4,6,8-10,12H2,1-3H3/t16-,17+,18+/m0/s1. The molecule has 2 aliphatic rings. The van der Waals surface area contributed by atoms with Crippen LogP contribution in [0.25, 0.3) is 0 Å². The van der Waals surface area contributed by atoms with Gasteiger partial charge in [-0.3, -0.25) is 0 Å². The van der Waals surface area contributed by atoms with E-state index < -0.39 is 0 Å². The largest absolute Gasteiger partial charge is 0.497 e. The Labute approximate surface area is 122 Å². The molecule has 20 heavy (non-hydrogen) atoms. The second kappa shape index (κ2) is 4.77. The lowest BCUT2D eigenvalue weighted by Gasteiger charge is -2.55. The number of rotatable bonds is 2. The third kappa shape index (κ3) is 1.88. The molecule has 3 rings (SSSR count). The molecule has 0 aliphatic heterocycles. The van der Waals surface area contributed by atoms with Gasteiger partial charge in [0.05, 0.1) is 7.11 Å². The summed E-state index contributed by atoms with van der Waals surface area (Å²) in [6.07, 6.45) is 5.93. The van der Waals surface area contributed by atoms with Crippen LogP contribution in [0, 0.1) is 11.3 Å². The fourth-order valence-electron chi connectivity index (χ4n) is 4.89. The summed E-state index contributed by atoms with van der Waals surface area (Å²) in [4.78, 5) is 0. The van der Waals surface area contributed by atoms with Crippen LogP contribution in [0.4, 0.5) is 0 Å². The topological polar surface area (TPSA) is 29.5 Å². The zero-order valence-corrected chi connectivity index (χ0v) is 12.9. The van der Waals surface area contributed by atoms with E-state index in [2.05, 4.69) is 32.0 Å². The Bertz CT molecular complexity index is 510. The van der Waals surface area contributed by atoms with Crippen LogP contribution in [-0.2, 0) is 11.8 Å². The molecular formula is C18H26O2. The van der Waals surface area contributed by atoms with Crippen molar-refractivity contribution >= 4 is 0 Å². The predicted octanol–water partition coefficient (Wildman–Crippen LogP) is 3.70. The van der Waals surface area contributed by atoms with Crippen LogP contribution in [-0.4, -0.2) is 18.8 Å². The van der Waals surface area contributed by atoms with Crippen molar-refractivity contribution in [3.05, 3.63) is 29.3 Å². The second-order valence-electron chi connectivity index (χ2n) is 7.20. The SMILES string of the molecule is COc1ccc2c(c1)[C@@]1(C)CCC[C@](C)(CO)[C@@H]1CC2. The highest BCUT2D eigenvalue weighted by Gasteiger charge is 2.51. The highest BCUT2D eigenvalue weighted by Crippen LogP contribution is 2.57. The predicted molar refractivity (Wildman–Crippen MR) is 81.2 cm³/mol. The van der Waals surface area contributed by atoms with Crippen LogP contribution < -0.4 is 4.74 Å². The highest BCUT2D eigenvalue weighted by atomic mass is 16.5. The molecule has 2 nitrogen and oxygen atoms in total. The molecule has 0 amide bonds. The number of hydrogen-bond acceptors (Lipinski definition) is 2. The van der Waals surface area contributed by atoms with E-state index in [0.29, 0.717) is 12.5 Å². The molecule has 0 radical (unpaired) electrons. The van der Waals surface area contributed by atoms with Crippen LogP contribution in [0.2, 0.25) is 0 Å². The molecule has 1 saturated carbocycles. The van der Waals surface area contributed by atoms with Gasteiger partial charge < -0.3 is 9.84 Å². The Balaban J connectivity index is 2.09. The van der Waals surface area contributed by atoms with Gasteiger partial charge in [0.15, 0.2) is 0 Å². The molecular weight excluding hydrogens is 248 g/mol. The zero-order valence-electron chi connectivity index (χ0n) is 12.9. The van der Waals surface area contributed by atoms with E-state index in [-0.39, 0.29) is 10.8 Å². The van der Waals surface area contributed by atoms with E-state index in [1.165, 1.54) is 30.4 Å². The molecule has 0 saturated heterocycles. The zero-order chi connectivity index (χ0) is 14.4. The summed E-state index contributed by atoms with van der Waals surface area (Å²) >= 11 is 0. The maximum Gasteiger partial charge on any atom is 0.119 e. The van der Waals surface area contributed by atoms with Crippen molar-refractivity contribution in [2.75, 3.05) is 13.7 Å². The van der Waals surface area contributed by atoms with Crippen molar-refractivity contribution < 1.29 is 9.84 Å².